The van der Waals surface area contributed by atoms with Crippen molar-refractivity contribution in [2.24, 2.45) is 0 Å². The van der Waals surface area contributed by atoms with Crippen LogP contribution in [0.2, 0.25) is 0 Å². The van der Waals surface area contributed by atoms with Gasteiger partial charge in [-0.25, -0.2) is 0 Å². The summed E-state index contributed by atoms with van der Waals surface area (Å²) < 4.78 is 39.4. The van der Waals surface area contributed by atoms with Gasteiger partial charge in [0.05, 0.1) is 11.3 Å². The summed E-state index contributed by atoms with van der Waals surface area (Å²) in [6.07, 6.45) is -4.35. The second kappa shape index (κ2) is 6.75. The van der Waals surface area contributed by atoms with Gasteiger partial charge >= 0.3 is 6.18 Å². The number of hydrogen-bond acceptors (Lipinski definition) is 5. The Balaban J connectivity index is 1.79. The average Bonchev–Trinajstić information content (AvgIpc) is 3.03. The number of aromatic nitrogens is 4. The van der Waals surface area contributed by atoms with Crippen LogP contribution in [0.1, 0.15) is 23.3 Å². The van der Waals surface area contributed by atoms with E-state index in [2.05, 4.69) is 15.5 Å². The molecule has 1 unspecified atom stereocenters. The van der Waals surface area contributed by atoms with Gasteiger partial charge in [0.2, 0.25) is 5.16 Å². The average molecular weight is 366 g/mol. The van der Waals surface area contributed by atoms with Gasteiger partial charge in [0.1, 0.15) is 5.75 Å². The maximum absolute atomic E-state index is 12.6. The highest BCUT2D eigenvalue weighted by Crippen LogP contribution is 2.36. The molecule has 3 rings (SSSR count). The van der Waals surface area contributed by atoms with Crippen molar-refractivity contribution in [1.29, 1.82) is 0 Å². The standard InChI is InChI=1S/C16H13F3N4OS/c1-10(11-2-4-12(5-3-11)16(17,18)19)25-15-20-21-22-23(15)13-6-8-14(24)9-7-13/h2-10,24H,1H3. The summed E-state index contributed by atoms with van der Waals surface area (Å²) in [5.74, 6) is 0.129. The van der Waals surface area contributed by atoms with Crippen LogP contribution in [0.15, 0.2) is 53.7 Å². The van der Waals surface area contributed by atoms with Crippen molar-refractivity contribution < 1.29 is 18.3 Å². The molecule has 1 atom stereocenters. The van der Waals surface area contributed by atoms with Crippen LogP contribution in [-0.4, -0.2) is 25.3 Å². The Hall–Kier alpha value is -2.55. The minimum absolute atomic E-state index is 0.129. The van der Waals surface area contributed by atoms with Gasteiger partial charge in [-0.15, -0.1) is 5.10 Å². The van der Waals surface area contributed by atoms with Crippen molar-refractivity contribution in [3.8, 4) is 11.4 Å². The topological polar surface area (TPSA) is 63.8 Å². The summed E-state index contributed by atoms with van der Waals surface area (Å²) in [7, 11) is 0. The zero-order valence-electron chi connectivity index (χ0n) is 13.0. The van der Waals surface area contributed by atoms with E-state index in [4.69, 9.17) is 0 Å². The fourth-order valence-corrected chi connectivity index (χ4v) is 3.11. The predicted octanol–water partition coefficient (Wildman–Crippen LogP) is 4.24. The Morgan fingerprint density at radius 3 is 2.28 bits per heavy atom. The summed E-state index contributed by atoms with van der Waals surface area (Å²) in [5.41, 5.74) is 0.727. The number of benzene rings is 2. The molecule has 3 aromatic rings. The van der Waals surface area contributed by atoms with Crippen LogP contribution in [-0.2, 0) is 6.18 Å². The van der Waals surface area contributed by atoms with Crippen LogP contribution in [0, 0.1) is 0 Å². The van der Waals surface area contributed by atoms with Crippen molar-refractivity contribution >= 4 is 11.8 Å². The summed E-state index contributed by atoms with van der Waals surface area (Å²) >= 11 is 1.33. The first-order valence-corrected chi connectivity index (χ1v) is 8.14. The van der Waals surface area contributed by atoms with E-state index in [1.807, 2.05) is 6.92 Å². The third-order valence-corrected chi connectivity index (χ3v) is 4.62. The summed E-state index contributed by atoms with van der Waals surface area (Å²) in [5, 5.41) is 21.2. The monoisotopic (exact) mass is 366 g/mol. The molecule has 0 radical (unpaired) electrons. The molecule has 0 saturated heterocycles. The molecule has 1 N–H and O–H groups in total. The maximum Gasteiger partial charge on any atom is 0.416 e. The van der Waals surface area contributed by atoms with Crippen LogP contribution in [0.5, 0.6) is 5.75 Å². The largest absolute Gasteiger partial charge is 0.508 e. The van der Waals surface area contributed by atoms with Gasteiger partial charge in [-0.3, -0.25) is 0 Å². The molecule has 0 bridgehead atoms. The van der Waals surface area contributed by atoms with E-state index < -0.39 is 11.7 Å². The zero-order valence-corrected chi connectivity index (χ0v) is 13.8. The molecule has 5 nitrogen and oxygen atoms in total. The lowest BCUT2D eigenvalue weighted by Gasteiger charge is -2.13. The fraction of sp³-hybridized carbons (Fsp3) is 0.188. The van der Waals surface area contributed by atoms with E-state index in [-0.39, 0.29) is 11.0 Å². The minimum Gasteiger partial charge on any atom is -0.508 e. The molecule has 9 heteroatoms. The number of nitrogens with zero attached hydrogens (tertiary/aromatic N) is 4. The van der Waals surface area contributed by atoms with Crippen molar-refractivity contribution in [3.05, 3.63) is 59.7 Å². The number of tetrazole rings is 1. The quantitative estimate of drug-likeness (QED) is 0.700. The Morgan fingerprint density at radius 2 is 1.68 bits per heavy atom. The smallest absolute Gasteiger partial charge is 0.416 e. The highest BCUT2D eigenvalue weighted by atomic mass is 32.2. The number of halogens is 3. The Labute approximate surface area is 145 Å². The lowest BCUT2D eigenvalue weighted by Crippen LogP contribution is -2.05. The highest BCUT2D eigenvalue weighted by molar-refractivity contribution is 7.99. The van der Waals surface area contributed by atoms with Gasteiger partial charge in [0, 0.05) is 5.25 Å². The Kier molecular flexibility index (Phi) is 4.67. The first kappa shape index (κ1) is 17.3. The van der Waals surface area contributed by atoms with Crippen LogP contribution < -0.4 is 0 Å². The zero-order chi connectivity index (χ0) is 18.0. The Morgan fingerprint density at radius 1 is 1.04 bits per heavy atom. The van der Waals surface area contributed by atoms with E-state index in [9.17, 15) is 18.3 Å². The van der Waals surface area contributed by atoms with Gasteiger partial charge in [0.15, 0.2) is 0 Å². The number of thioether (sulfide) groups is 1. The van der Waals surface area contributed by atoms with Gasteiger partial charge in [-0.1, -0.05) is 23.9 Å². The summed E-state index contributed by atoms with van der Waals surface area (Å²) in [6, 6.07) is 11.4. The van der Waals surface area contributed by atoms with E-state index in [1.165, 1.54) is 40.7 Å². The van der Waals surface area contributed by atoms with E-state index in [0.717, 1.165) is 17.7 Å². The number of phenols is 1. The first-order valence-electron chi connectivity index (χ1n) is 7.26. The van der Waals surface area contributed by atoms with E-state index in [0.29, 0.717) is 10.8 Å². The van der Waals surface area contributed by atoms with Gasteiger partial charge < -0.3 is 5.11 Å². The van der Waals surface area contributed by atoms with Crippen molar-refractivity contribution in [1.82, 2.24) is 20.2 Å². The van der Waals surface area contributed by atoms with Crippen molar-refractivity contribution in [2.45, 2.75) is 23.5 Å². The molecule has 0 aliphatic carbocycles. The minimum atomic E-state index is -4.35. The number of aromatic hydroxyl groups is 1. The predicted molar refractivity (Wildman–Crippen MR) is 86.5 cm³/mol. The molecule has 0 aliphatic heterocycles. The number of phenolic OH excluding ortho intramolecular Hbond substituents is 1. The van der Waals surface area contributed by atoms with E-state index in [1.54, 1.807) is 12.1 Å². The number of hydrogen-bond donors (Lipinski definition) is 1. The van der Waals surface area contributed by atoms with Gasteiger partial charge in [-0.2, -0.15) is 17.9 Å². The molecular formula is C16H13F3N4OS. The van der Waals surface area contributed by atoms with Crippen LogP contribution >= 0.6 is 11.8 Å². The van der Waals surface area contributed by atoms with Crippen LogP contribution in [0.3, 0.4) is 0 Å². The first-order chi connectivity index (χ1) is 11.8. The summed E-state index contributed by atoms with van der Waals surface area (Å²) in [4.78, 5) is 0. The maximum atomic E-state index is 12.6. The Bertz CT molecular complexity index is 847. The molecule has 0 amide bonds. The van der Waals surface area contributed by atoms with E-state index >= 15 is 0 Å². The lowest BCUT2D eigenvalue weighted by atomic mass is 10.1. The molecule has 130 valence electrons. The van der Waals surface area contributed by atoms with Gasteiger partial charge in [0.25, 0.3) is 0 Å². The molecule has 1 aromatic heterocycles. The molecule has 1 heterocycles. The third-order valence-electron chi connectivity index (χ3n) is 3.52. The normalized spacial score (nSPS) is 13.0. The summed E-state index contributed by atoms with van der Waals surface area (Å²) in [6.45, 7) is 1.86. The molecule has 0 saturated carbocycles. The molecule has 0 fully saturated rings. The molecular weight excluding hydrogens is 353 g/mol. The molecule has 25 heavy (non-hydrogen) atoms. The van der Waals surface area contributed by atoms with Gasteiger partial charge in [-0.05, 0) is 59.3 Å². The molecule has 0 aliphatic rings. The lowest BCUT2D eigenvalue weighted by molar-refractivity contribution is -0.137. The van der Waals surface area contributed by atoms with Crippen molar-refractivity contribution in [3.63, 3.8) is 0 Å². The second-order valence-electron chi connectivity index (χ2n) is 5.27. The SMILES string of the molecule is CC(Sc1nnnn1-c1ccc(O)cc1)c1ccc(C(F)(F)F)cc1. The van der Waals surface area contributed by atoms with Crippen LogP contribution in [0.25, 0.3) is 5.69 Å². The molecule has 2 aromatic carbocycles. The fourth-order valence-electron chi connectivity index (χ4n) is 2.18. The highest BCUT2D eigenvalue weighted by Gasteiger charge is 2.30. The van der Waals surface area contributed by atoms with Crippen LogP contribution in [0.4, 0.5) is 13.2 Å². The third kappa shape index (κ3) is 3.93. The molecule has 0 spiro atoms. The van der Waals surface area contributed by atoms with Crippen molar-refractivity contribution in [2.75, 3.05) is 0 Å². The number of rotatable bonds is 4. The number of alkyl halides is 3. The second-order valence-corrected chi connectivity index (χ2v) is 6.58.